The minimum atomic E-state index is -4.39. The van der Waals surface area contributed by atoms with Gasteiger partial charge in [0.05, 0.1) is 11.1 Å². The molecule has 4 nitrogen and oxygen atoms in total. The van der Waals surface area contributed by atoms with Gasteiger partial charge in [-0.15, -0.1) is 0 Å². The van der Waals surface area contributed by atoms with Crippen LogP contribution in [0, 0.1) is 6.92 Å². The van der Waals surface area contributed by atoms with Gasteiger partial charge in [-0.1, -0.05) is 24.3 Å². The van der Waals surface area contributed by atoms with Gasteiger partial charge in [-0.05, 0) is 60.7 Å². The molecule has 1 saturated heterocycles. The number of carboxylic acids is 1. The second-order valence-electron chi connectivity index (χ2n) is 7.46. The Kier molecular flexibility index (Phi) is 6.29. The number of aromatic carboxylic acids is 1. The van der Waals surface area contributed by atoms with Crippen LogP contribution in [0.25, 0.3) is 6.08 Å². The van der Waals surface area contributed by atoms with Crippen molar-refractivity contribution in [3.8, 4) is 0 Å². The molecule has 2 aromatic rings. The van der Waals surface area contributed by atoms with E-state index < -0.39 is 17.7 Å². The average molecular weight is 417 g/mol. The fraction of sp³-hybridized carbons (Fsp3) is 0.304. The van der Waals surface area contributed by atoms with Crippen LogP contribution in [0.5, 0.6) is 0 Å². The number of aryl methyl sites for hydroxylation is 1. The number of halogens is 3. The number of amides is 1. The highest BCUT2D eigenvalue weighted by atomic mass is 19.4. The van der Waals surface area contributed by atoms with Gasteiger partial charge >= 0.3 is 12.1 Å². The minimum Gasteiger partial charge on any atom is -0.478 e. The third kappa shape index (κ3) is 5.09. The summed E-state index contributed by atoms with van der Waals surface area (Å²) < 4.78 is 37.9. The van der Waals surface area contributed by atoms with Crippen molar-refractivity contribution in [3.63, 3.8) is 0 Å². The maximum Gasteiger partial charge on any atom is 0.416 e. The molecule has 0 spiro atoms. The van der Waals surface area contributed by atoms with Crippen LogP contribution in [-0.2, 0) is 11.0 Å². The van der Waals surface area contributed by atoms with Gasteiger partial charge in [0, 0.05) is 25.1 Å². The predicted molar refractivity (Wildman–Crippen MR) is 107 cm³/mol. The largest absolute Gasteiger partial charge is 0.478 e. The zero-order chi connectivity index (χ0) is 21.9. The van der Waals surface area contributed by atoms with E-state index in [1.165, 1.54) is 24.3 Å². The van der Waals surface area contributed by atoms with Crippen molar-refractivity contribution in [3.05, 3.63) is 76.4 Å². The van der Waals surface area contributed by atoms with Crippen LogP contribution in [0.3, 0.4) is 0 Å². The molecule has 1 heterocycles. The number of benzene rings is 2. The number of carbonyl (C=O) groups is 2. The normalized spacial score (nSPS) is 17.3. The number of hydrogen-bond donors (Lipinski definition) is 1. The lowest BCUT2D eigenvalue weighted by atomic mass is 9.88. The van der Waals surface area contributed by atoms with Gasteiger partial charge in [-0.25, -0.2) is 4.79 Å². The van der Waals surface area contributed by atoms with Gasteiger partial charge in [0.15, 0.2) is 0 Å². The van der Waals surface area contributed by atoms with Crippen LogP contribution in [0.2, 0.25) is 0 Å². The Balaban J connectivity index is 1.68. The zero-order valence-corrected chi connectivity index (χ0v) is 16.4. The first-order chi connectivity index (χ1) is 14.1. The second-order valence-corrected chi connectivity index (χ2v) is 7.46. The summed E-state index contributed by atoms with van der Waals surface area (Å²) >= 11 is 0. The zero-order valence-electron chi connectivity index (χ0n) is 16.4. The quantitative estimate of drug-likeness (QED) is 0.702. The first-order valence-corrected chi connectivity index (χ1v) is 9.63. The Morgan fingerprint density at radius 3 is 2.47 bits per heavy atom. The molecule has 0 aromatic heterocycles. The van der Waals surface area contributed by atoms with E-state index in [9.17, 15) is 27.9 Å². The molecule has 1 aliphatic rings. The molecule has 2 aromatic carbocycles. The number of carboxylic acid groups (broad SMARTS) is 1. The third-order valence-corrected chi connectivity index (χ3v) is 5.35. The molecule has 1 unspecified atom stereocenters. The van der Waals surface area contributed by atoms with Gasteiger partial charge in [-0.2, -0.15) is 13.2 Å². The molecular weight excluding hydrogens is 395 g/mol. The van der Waals surface area contributed by atoms with Crippen molar-refractivity contribution in [1.29, 1.82) is 0 Å². The number of likely N-dealkylation sites (tertiary alicyclic amines) is 1. The Labute approximate surface area is 172 Å². The molecule has 3 rings (SSSR count). The molecule has 1 atom stereocenters. The molecule has 0 radical (unpaired) electrons. The number of carbonyl (C=O) groups excluding carboxylic acids is 1. The number of rotatable bonds is 4. The Morgan fingerprint density at radius 2 is 1.83 bits per heavy atom. The summed E-state index contributed by atoms with van der Waals surface area (Å²) in [4.78, 5) is 25.6. The number of alkyl halides is 3. The second kappa shape index (κ2) is 8.73. The van der Waals surface area contributed by atoms with E-state index in [0.717, 1.165) is 30.5 Å². The van der Waals surface area contributed by atoms with Crippen LogP contribution < -0.4 is 0 Å². The first-order valence-electron chi connectivity index (χ1n) is 9.63. The summed E-state index contributed by atoms with van der Waals surface area (Å²) in [5, 5.41) is 9.33. The molecule has 1 amide bonds. The van der Waals surface area contributed by atoms with Crippen molar-refractivity contribution < 1.29 is 27.9 Å². The van der Waals surface area contributed by atoms with Crippen molar-refractivity contribution in [2.24, 2.45) is 0 Å². The highest BCUT2D eigenvalue weighted by molar-refractivity contribution is 5.92. The van der Waals surface area contributed by atoms with Gasteiger partial charge < -0.3 is 10.0 Å². The van der Waals surface area contributed by atoms with E-state index >= 15 is 0 Å². The number of hydrogen-bond acceptors (Lipinski definition) is 2. The Morgan fingerprint density at radius 1 is 1.13 bits per heavy atom. The molecule has 1 aliphatic heterocycles. The van der Waals surface area contributed by atoms with E-state index in [1.807, 2.05) is 6.07 Å². The molecule has 0 saturated carbocycles. The van der Waals surface area contributed by atoms with Crippen LogP contribution in [0.1, 0.15) is 51.4 Å². The molecule has 1 fully saturated rings. The first kappa shape index (κ1) is 21.6. The fourth-order valence-corrected chi connectivity index (χ4v) is 3.63. The molecule has 0 aliphatic carbocycles. The van der Waals surface area contributed by atoms with Crippen molar-refractivity contribution in [2.45, 2.75) is 31.9 Å². The lowest BCUT2D eigenvalue weighted by molar-refractivity contribution is -0.137. The summed E-state index contributed by atoms with van der Waals surface area (Å²) in [6.07, 6.45) is 0.121. The van der Waals surface area contributed by atoms with Gasteiger partial charge in [0.25, 0.3) is 0 Å². The van der Waals surface area contributed by atoms with Crippen molar-refractivity contribution in [1.82, 2.24) is 4.90 Å². The van der Waals surface area contributed by atoms with Gasteiger partial charge in [0.1, 0.15) is 0 Å². The van der Waals surface area contributed by atoms with E-state index in [0.29, 0.717) is 24.2 Å². The van der Waals surface area contributed by atoms with E-state index in [-0.39, 0.29) is 17.4 Å². The predicted octanol–water partition coefficient (Wildman–Crippen LogP) is 5.13. The standard InChI is InChI=1S/C23H22F3NO3/c1-15-4-8-17(13-20(15)22(29)30)18-3-2-12-27(14-18)21(28)11-7-16-5-9-19(10-6-16)23(24,25)26/h4-11,13,18H,2-3,12,14H2,1H3,(H,29,30)/b11-7+. The highest BCUT2D eigenvalue weighted by Gasteiger charge is 2.30. The topological polar surface area (TPSA) is 57.6 Å². The molecule has 158 valence electrons. The molecular formula is C23H22F3NO3. The van der Waals surface area contributed by atoms with Crippen LogP contribution in [0.15, 0.2) is 48.5 Å². The Bertz CT molecular complexity index is 965. The summed E-state index contributed by atoms with van der Waals surface area (Å²) in [6.45, 7) is 2.80. The number of piperidine rings is 1. The van der Waals surface area contributed by atoms with Crippen LogP contribution in [-0.4, -0.2) is 35.0 Å². The smallest absolute Gasteiger partial charge is 0.416 e. The maximum atomic E-state index is 12.6. The SMILES string of the molecule is Cc1ccc(C2CCCN(C(=O)/C=C/c3ccc(C(F)(F)F)cc3)C2)cc1C(=O)O. The summed E-state index contributed by atoms with van der Waals surface area (Å²) in [5.74, 6) is -1.15. The van der Waals surface area contributed by atoms with E-state index in [2.05, 4.69) is 0 Å². The van der Waals surface area contributed by atoms with Crippen molar-refractivity contribution >= 4 is 18.0 Å². The van der Waals surface area contributed by atoms with E-state index in [4.69, 9.17) is 0 Å². The summed E-state index contributed by atoms with van der Waals surface area (Å²) in [6, 6.07) is 9.98. The summed E-state index contributed by atoms with van der Waals surface area (Å²) in [7, 11) is 0. The molecule has 0 bridgehead atoms. The lowest BCUT2D eigenvalue weighted by Gasteiger charge is -2.32. The highest BCUT2D eigenvalue weighted by Crippen LogP contribution is 2.30. The fourth-order valence-electron chi connectivity index (χ4n) is 3.63. The third-order valence-electron chi connectivity index (χ3n) is 5.35. The maximum absolute atomic E-state index is 12.6. The van der Waals surface area contributed by atoms with E-state index in [1.54, 1.807) is 24.0 Å². The summed E-state index contributed by atoms with van der Waals surface area (Å²) in [5.41, 5.74) is 1.62. The van der Waals surface area contributed by atoms with Crippen LogP contribution in [0.4, 0.5) is 13.2 Å². The van der Waals surface area contributed by atoms with Crippen molar-refractivity contribution in [2.75, 3.05) is 13.1 Å². The molecule has 7 heteroatoms. The number of nitrogens with zero attached hydrogens (tertiary/aromatic N) is 1. The van der Waals surface area contributed by atoms with Crippen LogP contribution >= 0.6 is 0 Å². The minimum absolute atomic E-state index is 0.0425. The molecule has 1 N–H and O–H groups in total. The average Bonchev–Trinajstić information content (AvgIpc) is 2.72. The molecule has 30 heavy (non-hydrogen) atoms. The Hall–Kier alpha value is -3.09. The van der Waals surface area contributed by atoms with Gasteiger partial charge in [0.2, 0.25) is 5.91 Å². The van der Waals surface area contributed by atoms with Gasteiger partial charge in [-0.3, -0.25) is 4.79 Å². The lowest BCUT2D eigenvalue weighted by Crippen LogP contribution is -2.38. The monoisotopic (exact) mass is 417 g/mol.